The molecule has 1 aliphatic carbocycles. The Morgan fingerprint density at radius 3 is 2.36 bits per heavy atom. The van der Waals surface area contributed by atoms with E-state index in [4.69, 9.17) is 21.7 Å². The summed E-state index contributed by atoms with van der Waals surface area (Å²) in [5.41, 5.74) is 3.15. The van der Waals surface area contributed by atoms with Crippen molar-refractivity contribution >= 4 is 29.0 Å². The number of thiocarbonyl (C=S) groups is 1. The molecule has 0 unspecified atom stereocenters. The first-order valence-electron chi connectivity index (χ1n) is 9.41. The molecule has 0 atom stereocenters. The maximum absolute atomic E-state index is 11.9. The average molecular weight is 399 g/mol. The van der Waals surface area contributed by atoms with Crippen LogP contribution in [0, 0.1) is 6.92 Å². The minimum Gasteiger partial charge on any atom is -0.497 e. The molecule has 1 fully saturated rings. The molecule has 3 rings (SSSR count). The van der Waals surface area contributed by atoms with Crippen LogP contribution < -0.4 is 15.4 Å². The van der Waals surface area contributed by atoms with Crippen molar-refractivity contribution in [3.8, 4) is 5.75 Å². The Kier molecular flexibility index (Phi) is 6.19. The number of carbonyl (C=O) groups excluding carboxylic acids is 1. The normalized spacial score (nSPS) is 15.0. The highest BCUT2D eigenvalue weighted by molar-refractivity contribution is 7.80. The van der Waals surface area contributed by atoms with Crippen molar-refractivity contribution in [3.63, 3.8) is 0 Å². The second-order valence-electron chi connectivity index (χ2n) is 7.07. The van der Waals surface area contributed by atoms with E-state index in [1.807, 2.05) is 31.2 Å². The van der Waals surface area contributed by atoms with Crippen LogP contribution in [0.2, 0.25) is 0 Å². The van der Waals surface area contributed by atoms with Gasteiger partial charge in [0.15, 0.2) is 5.11 Å². The molecule has 0 bridgehead atoms. The molecule has 2 aromatic rings. The van der Waals surface area contributed by atoms with Gasteiger partial charge in [0.2, 0.25) is 0 Å². The van der Waals surface area contributed by atoms with Gasteiger partial charge in [0.05, 0.1) is 25.3 Å². The van der Waals surface area contributed by atoms with E-state index in [9.17, 15) is 4.79 Å². The lowest BCUT2D eigenvalue weighted by Crippen LogP contribution is -2.45. The first kappa shape index (κ1) is 20.1. The molecule has 28 heavy (non-hydrogen) atoms. The van der Waals surface area contributed by atoms with E-state index in [1.165, 1.54) is 12.7 Å². The smallest absolute Gasteiger partial charge is 0.338 e. The van der Waals surface area contributed by atoms with Crippen LogP contribution in [0.25, 0.3) is 0 Å². The molecule has 2 aromatic carbocycles. The molecule has 0 aliphatic heterocycles. The lowest BCUT2D eigenvalue weighted by Gasteiger charge is -2.33. The van der Waals surface area contributed by atoms with Crippen molar-refractivity contribution in [1.29, 1.82) is 0 Å². The molecule has 0 spiro atoms. The van der Waals surface area contributed by atoms with E-state index in [1.54, 1.807) is 13.2 Å². The highest BCUT2D eigenvalue weighted by Gasteiger charge is 2.36. The Morgan fingerprint density at radius 2 is 1.75 bits per heavy atom. The largest absolute Gasteiger partial charge is 0.497 e. The summed E-state index contributed by atoms with van der Waals surface area (Å²) in [6, 6.07) is 13.6. The van der Waals surface area contributed by atoms with Crippen LogP contribution in [0.5, 0.6) is 5.75 Å². The molecule has 148 valence electrons. The van der Waals surface area contributed by atoms with Gasteiger partial charge < -0.3 is 20.1 Å². The lowest BCUT2D eigenvalue weighted by molar-refractivity contribution is 0.0600. The average Bonchev–Trinajstić information content (AvgIpc) is 3.18. The zero-order chi connectivity index (χ0) is 20.1. The summed E-state index contributed by atoms with van der Waals surface area (Å²) in [5.74, 6) is 0.485. The third-order valence-corrected chi connectivity index (χ3v) is 5.64. The number of ether oxygens (including phenoxy) is 2. The number of benzene rings is 2. The second-order valence-corrected chi connectivity index (χ2v) is 7.47. The minimum atomic E-state index is -0.356. The summed E-state index contributed by atoms with van der Waals surface area (Å²) in [6.07, 6.45) is 4.33. The van der Waals surface area contributed by atoms with E-state index >= 15 is 0 Å². The van der Waals surface area contributed by atoms with Gasteiger partial charge in [0.1, 0.15) is 5.75 Å². The van der Waals surface area contributed by atoms with Crippen LogP contribution in [-0.2, 0) is 10.3 Å². The Hall–Kier alpha value is -2.60. The number of esters is 1. The fourth-order valence-electron chi connectivity index (χ4n) is 3.85. The molecular weight excluding hydrogens is 372 g/mol. The van der Waals surface area contributed by atoms with Crippen molar-refractivity contribution < 1.29 is 14.3 Å². The number of hydrogen-bond donors (Lipinski definition) is 2. The Morgan fingerprint density at radius 1 is 1.07 bits per heavy atom. The van der Waals surface area contributed by atoms with E-state index in [0.717, 1.165) is 42.7 Å². The van der Waals surface area contributed by atoms with Crippen LogP contribution in [-0.4, -0.2) is 25.3 Å². The highest BCUT2D eigenvalue weighted by atomic mass is 32.1. The van der Waals surface area contributed by atoms with Crippen LogP contribution in [0.4, 0.5) is 5.69 Å². The maximum Gasteiger partial charge on any atom is 0.338 e. The Bertz CT molecular complexity index is 859. The summed E-state index contributed by atoms with van der Waals surface area (Å²) in [4.78, 5) is 11.9. The second kappa shape index (κ2) is 8.61. The molecule has 6 heteroatoms. The minimum absolute atomic E-state index is 0.190. The van der Waals surface area contributed by atoms with Crippen molar-refractivity contribution in [2.45, 2.75) is 38.1 Å². The van der Waals surface area contributed by atoms with Crippen LogP contribution >= 0.6 is 12.2 Å². The molecule has 0 radical (unpaired) electrons. The summed E-state index contributed by atoms with van der Waals surface area (Å²) < 4.78 is 10.1. The summed E-state index contributed by atoms with van der Waals surface area (Å²) in [5, 5.41) is 7.35. The monoisotopic (exact) mass is 398 g/mol. The van der Waals surface area contributed by atoms with Gasteiger partial charge in [-0.3, -0.25) is 0 Å². The standard InChI is InChI=1S/C22H26N2O3S/c1-15-18(20(25)27-3)7-6-8-19(15)23-21(28)24-22(13-4-5-14-22)16-9-11-17(26-2)12-10-16/h6-12H,4-5,13-14H2,1-3H3,(H2,23,24,28). The number of nitrogens with one attached hydrogen (secondary N) is 2. The predicted octanol–water partition coefficient (Wildman–Crippen LogP) is 4.55. The number of methoxy groups -OCH3 is 2. The molecule has 0 saturated heterocycles. The number of anilines is 1. The topological polar surface area (TPSA) is 59.6 Å². The molecule has 0 heterocycles. The van der Waals surface area contributed by atoms with Crippen molar-refractivity contribution in [3.05, 3.63) is 59.2 Å². The summed E-state index contributed by atoms with van der Waals surface area (Å²) >= 11 is 5.63. The zero-order valence-electron chi connectivity index (χ0n) is 16.5. The van der Waals surface area contributed by atoms with Crippen LogP contribution in [0.1, 0.15) is 47.2 Å². The van der Waals surface area contributed by atoms with Gasteiger partial charge in [-0.05, 0) is 67.4 Å². The number of rotatable bonds is 5. The van der Waals surface area contributed by atoms with E-state index < -0.39 is 0 Å². The van der Waals surface area contributed by atoms with Gasteiger partial charge >= 0.3 is 5.97 Å². The molecule has 2 N–H and O–H groups in total. The van der Waals surface area contributed by atoms with Gasteiger partial charge in [-0.1, -0.05) is 31.0 Å². The molecule has 1 aliphatic rings. The molecular formula is C22H26N2O3S. The number of hydrogen-bond acceptors (Lipinski definition) is 4. The van der Waals surface area contributed by atoms with E-state index in [0.29, 0.717) is 10.7 Å². The van der Waals surface area contributed by atoms with Gasteiger partial charge in [0.25, 0.3) is 0 Å². The van der Waals surface area contributed by atoms with Gasteiger partial charge in [-0.25, -0.2) is 4.79 Å². The first-order chi connectivity index (χ1) is 13.5. The third-order valence-electron chi connectivity index (χ3n) is 5.44. The predicted molar refractivity (Wildman–Crippen MR) is 115 cm³/mol. The number of carbonyl (C=O) groups is 1. The first-order valence-corrected chi connectivity index (χ1v) is 9.81. The fraction of sp³-hybridized carbons (Fsp3) is 0.364. The molecule has 0 aromatic heterocycles. The van der Waals surface area contributed by atoms with Gasteiger partial charge in [-0.2, -0.15) is 0 Å². The Labute approximate surface area is 171 Å². The quantitative estimate of drug-likeness (QED) is 0.569. The van der Waals surface area contributed by atoms with Gasteiger partial charge in [-0.15, -0.1) is 0 Å². The van der Waals surface area contributed by atoms with E-state index in [2.05, 4.69) is 22.8 Å². The Balaban J connectivity index is 1.79. The van der Waals surface area contributed by atoms with Crippen LogP contribution in [0.15, 0.2) is 42.5 Å². The SMILES string of the molecule is COC(=O)c1cccc(NC(=S)NC2(c3ccc(OC)cc3)CCCC2)c1C. The van der Waals surface area contributed by atoms with Crippen molar-refractivity contribution in [1.82, 2.24) is 5.32 Å². The van der Waals surface area contributed by atoms with Crippen molar-refractivity contribution in [2.24, 2.45) is 0 Å². The molecule has 5 nitrogen and oxygen atoms in total. The highest BCUT2D eigenvalue weighted by Crippen LogP contribution is 2.39. The third kappa shape index (κ3) is 4.12. The molecule has 0 amide bonds. The maximum atomic E-state index is 11.9. The fourth-order valence-corrected chi connectivity index (χ4v) is 4.15. The summed E-state index contributed by atoms with van der Waals surface area (Å²) in [6.45, 7) is 1.88. The van der Waals surface area contributed by atoms with E-state index in [-0.39, 0.29) is 11.5 Å². The summed E-state index contributed by atoms with van der Waals surface area (Å²) in [7, 11) is 3.05. The van der Waals surface area contributed by atoms with Crippen LogP contribution in [0.3, 0.4) is 0 Å². The lowest BCUT2D eigenvalue weighted by atomic mass is 9.88. The van der Waals surface area contributed by atoms with Crippen molar-refractivity contribution in [2.75, 3.05) is 19.5 Å². The van der Waals surface area contributed by atoms with Gasteiger partial charge in [0, 0.05) is 5.69 Å². The zero-order valence-corrected chi connectivity index (χ0v) is 17.3. The molecule has 1 saturated carbocycles.